The van der Waals surface area contributed by atoms with Crippen LogP contribution in [0.1, 0.15) is 53.4 Å². The summed E-state index contributed by atoms with van der Waals surface area (Å²) in [5, 5.41) is 11.2. The third kappa shape index (κ3) is 2.02. The van der Waals surface area contributed by atoms with E-state index in [9.17, 15) is 19.1 Å². The Bertz CT molecular complexity index is 804. The van der Waals surface area contributed by atoms with Gasteiger partial charge in [-0.15, -0.1) is 0 Å². The number of rotatable bonds is 2. The Morgan fingerprint density at radius 1 is 1.29 bits per heavy atom. The molecule has 154 valence electrons. The van der Waals surface area contributed by atoms with Gasteiger partial charge in [-0.25, -0.2) is 8.78 Å². The molecule has 4 rings (SSSR count). The molecule has 4 aliphatic carbocycles. The Balaban J connectivity index is 1.84. The summed E-state index contributed by atoms with van der Waals surface area (Å²) in [5.41, 5.74) is -3.75. The lowest BCUT2D eigenvalue weighted by Crippen LogP contribution is -2.67. The summed E-state index contributed by atoms with van der Waals surface area (Å²) in [4.78, 5) is 24.5. The van der Waals surface area contributed by atoms with Crippen molar-refractivity contribution < 1.29 is 23.5 Å². The molecule has 0 aromatic carbocycles. The average Bonchev–Trinajstić information content (AvgIpc) is 2.84. The highest BCUT2D eigenvalue weighted by Crippen LogP contribution is 2.72. The predicted octanol–water partition coefficient (Wildman–Crippen LogP) is 4.15. The molecule has 4 aliphatic rings. The maximum atomic E-state index is 16.9. The number of Topliss-reactive ketones (excluding diaryl/α,β-unsaturated/α-hetero) is 1. The van der Waals surface area contributed by atoms with Gasteiger partial charge < -0.3 is 5.11 Å². The Kier molecular flexibility index (Phi) is 4.16. The van der Waals surface area contributed by atoms with Gasteiger partial charge in [-0.2, -0.15) is 0 Å². The fourth-order valence-electron chi connectivity index (χ4n) is 7.50. The van der Waals surface area contributed by atoms with Crippen LogP contribution in [0.4, 0.5) is 8.78 Å². The van der Waals surface area contributed by atoms with E-state index < -0.39 is 46.4 Å². The van der Waals surface area contributed by atoms with Crippen LogP contribution in [0, 0.1) is 34.0 Å². The lowest BCUT2D eigenvalue weighted by molar-refractivity contribution is -0.205. The van der Waals surface area contributed by atoms with Crippen LogP contribution in [0.5, 0.6) is 0 Å². The van der Waals surface area contributed by atoms with Gasteiger partial charge in [0.1, 0.15) is 6.67 Å². The van der Waals surface area contributed by atoms with E-state index in [1.54, 1.807) is 13.0 Å². The van der Waals surface area contributed by atoms with Crippen molar-refractivity contribution in [3.05, 3.63) is 23.8 Å². The molecule has 0 aromatic rings. The lowest BCUT2D eigenvalue weighted by Gasteiger charge is -2.63. The minimum Gasteiger partial charge on any atom is -0.390 e. The van der Waals surface area contributed by atoms with Gasteiger partial charge in [-0.05, 0) is 62.0 Å². The monoisotopic (exact) mass is 392 g/mol. The van der Waals surface area contributed by atoms with E-state index in [0.29, 0.717) is 19.3 Å². The molecule has 0 bridgehead atoms. The Hall–Kier alpha value is -1.36. The zero-order chi connectivity index (χ0) is 20.7. The summed E-state index contributed by atoms with van der Waals surface area (Å²) in [6.07, 6.45) is 5.19. The molecule has 3 nitrogen and oxygen atoms in total. The van der Waals surface area contributed by atoms with Crippen molar-refractivity contribution in [1.82, 2.24) is 0 Å². The maximum absolute atomic E-state index is 16.9. The largest absolute Gasteiger partial charge is 0.390 e. The molecule has 0 heterocycles. The number of alkyl halides is 2. The molecule has 0 saturated heterocycles. The zero-order valence-electron chi connectivity index (χ0n) is 17.1. The van der Waals surface area contributed by atoms with Gasteiger partial charge in [0.05, 0.1) is 6.10 Å². The minimum atomic E-state index is -1.90. The van der Waals surface area contributed by atoms with E-state index in [0.717, 1.165) is 5.57 Å². The number of carbonyl (C=O) groups excluding carboxylic acids is 2. The fraction of sp³-hybridized carbons (Fsp3) is 0.739. The van der Waals surface area contributed by atoms with E-state index in [1.165, 1.54) is 12.2 Å². The van der Waals surface area contributed by atoms with Gasteiger partial charge in [0.25, 0.3) is 0 Å². The number of allylic oxidation sites excluding steroid dienone is 4. The van der Waals surface area contributed by atoms with Crippen LogP contribution < -0.4 is 0 Å². The van der Waals surface area contributed by atoms with Crippen molar-refractivity contribution in [3.8, 4) is 0 Å². The third-order valence-electron chi connectivity index (χ3n) is 9.51. The first-order chi connectivity index (χ1) is 13.0. The van der Waals surface area contributed by atoms with E-state index in [4.69, 9.17) is 0 Å². The quantitative estimate of drug-likeness (QED) is 0.768. The molecule has 0 aliphatic heterocycles. The standard InChI is InChI=1S/C23H30F2O3/c1-13-9-17-16-6-5-14-10-15(26)7-8-20(14,2)23(16,25)18(27)11-21(17,3)22(13,4)19(28)12-24/h7-8,10,13,16-18,27H,5-6,9,11-12H2,1-4H3/t13-,16+,17+,18?,20+,21+,22-,23+/m1/s1. The second-order valence-electron chi connectivity index (χ2n) is 10.2. The van der Waals surface area contributed by atoms with Crippen molar-refractivity contribution in [2.45, 2.75) is 65.2 Å². The molecule has 1 N–H and O–H groups in total. The van der Waals surface area contributed by atoms with Crippen LogP contribution >= 0.6 is 0 Å². The van der Waals surface area contributed by atoms with Crippen LogP contribution in [0.25, 0.3) is 0 Å². The van der Waals surface area contributed by atoms with E-state index in [1.807, 2.05) is 20.8 Å². The smallest absolute Gasteiger partial charge is 0.178 e. The van der Waals surface area contributed by atoms with Gasteiger partial charge in [0.2, 0.25) is 0 Å². The van der Waals surface area contributed by atoms with Crippen molar-refractivity contribution in [3.63, 3.8) is 0 Å². The van der Waals surface area contributed by atoms with Crippen molar-refractivity contribution >= 4 is 11.6 Å². The van der Waals surface area contributed by atoms with Crippen LogP contribution in [-0.4, -0.2) is 35.1 Å². The number of ketones is 2. The molecule has 3 fully saturated rings. The Labute approximate surface area is 165 Å². The third-order valence-corrected chi connectivity index (χ3v) is 9.51. The molecule has 0 aromatic heterocycles. The van der Waals surface area contributed by atoms with Crippen molar-refractivity contribution in [2.75, 3.05) is 6.67 Å². The first kappa shape index (κ1) is 19.9. The molecule has 0 spiro atoms. The normalized spacial score (nSPS) is 52.5. The number of carbonyl (C=O) groups is 2. The fourth-order valence-corrected chi connectivity index (χ4v) is 7.50. The highest BCUT2D eigenvalue weighted by molar-refractivity contribution is 6.01. The van der Waals surface area contributed by atoms with Gasteiger partial charge in [-0.1, -0.05) is 32.4 Å². The van der Waals surface area contributed by atoms with Gasteiger partial charge in [0, 0.05) is 16.7 Å². The SMILES string of the molecule is C[C@@H]1C[C@H]2[C@@H]3CCC4=CC(=O)C=C[C@]4(C)[C@@]3(F)C(O)C[C@]2(C)[C@@]1(C)C(=O)CF. The lowest BCUT2D eigenvalue weighted by atomic mass is 9.43. The summed E-state index contributed by atoms with van der Waals surface area (Å²) in [6.45, 7) is 6.47. The summed E-state index contributed by atoms with van der Waals surface area (Å²) >= 11 is 0. The number of hydrogen-bond donors (Lipinski definition) is 1. The average molecular weight is 392 g/mol. The topological polar surface area (TPSA) is 54.4 Å². The zero-order valence-corrected chi connectivity index (χ0v) is 17.1. The molecule has 28 heavy (non-hydrogen) atoms. The summed E-state index contributed by atoms with van der Waals surface area (Å²) in [5.74, 6) is -1.19. The van der Waals surface area contributed by atoms with E-state index in [-0.39, 0.29) is 24.0 Å². The van der Waals surface area contributed by atoms with Crippen molar-refractivity contribution in [1.29, 1.82) is 0 Å². The second kappa shape index (κ2) is 5.84. The van der Waals surface area contributed by atoms with Crippen molar-refractivity contribution in [2.24, 2.45) is 34.0 Å². The number of aliphatic hydroxyl groups excluding tert-OH is 1. The van der Waals surface area contributed by atoms with Gasteiger partial charge >= 0.3 is 0 Å². The molecule has 0 radical (unpaired) electrons. The minimum absolute atomic E-state index is 0.0754. The highest BCUT2D eigenvalue weighted by Gasteiger charge is 2.74. The predicted molar refractivity (Wildman–Crippen MR) is 102 cm³/mol. The Morgan fingerprint density at radius 2 is 1.96 bits per heavy atom. The summed E-state index contributed by atoms with van der Waals surface area (Å²) in [6, 6.07) is 0. The molecule has 1 unspecified atom stereocenters. The van der Waals surface area contributed by atoms with Crippen LogP contribution in [-0.2, 0) is 9.59 Å². The first-order valence-electron chi connectivity index (χ1n) is 10.4. The van der Waals surface area contributed by atoms with Crippen LogP contribution in [0.2, 0.25) is 0 Å². The molecule has 8 atom stereocenters. The van der Waals surface area contributed by atoms with E-state index >= 15 is 4.39 Å². The molecule has 3 saturated carbocycles. The second-order valence-corrected chi connectivity index (χ2v) is 10.2. The van der Waals surface area contributed by atoms with Crippen LogP contribution in [0.3, 0.4) is 0 Å². The molecular weight excluding hydrogens is 362 g/mol. The molecular formula is C23H30F2O3. The summed E-state index contributed by atoms with van der Waals surface area (Å²) in [7, 11) is 0. The number of halogens is 2. The summed E-state index contributed by atoms with van der Waals surface area (Å²) < 4.78 is 30.4. The molecule has 5 heteroatoms. The van der Waals surface area contributed by atoms with Gasteiger partial charge in [0.15, 0.2) is 17.2 Å². The number of aliphatic hydroxyl groups is 1. The van der Waals surface area contributed by atoms with Crippen LogP contribution in [0.15, 0.2) is 23.8 Å². The number of fused-ring (bicyclic) bond motifs is 5. The van der Waals surface area contributed by atoms with Gasteiger partial charge in [-0.3, -0.25) is 9.59 Å². The number of hydrogen-bond acceptors (Lipinski definition) is 3. The van der Waals surface area contributed by atoms with E-state index in [2.05, 4.69) is 0 Å². The maximum Gasteiger partial charge on any atom is 0.178 e. The Morgan fingerprint density at radius 3 is 2.61 bits per heavy atom. The highest BCUT2D eigenvalue weighted by atomic mass is 19.1. The first-order valence-corrected chi connectivity index (χ1v) is 10.4. The molecule has 0 amide bonds.